The molecule has 0 N–H and O–H groups in total. The highest BCUT2D eigenvalue weighted by atomic mass is 15.1. The van der Waals surface area contributed by atoms with Gasteiger partial charge in [0.05, 0.1) is 5.69 Å². The molecule has 1 aromatic rings. The predicted molar refractivity (Wildman–Crippen MR) is 53.1 cm³/mol. The quantitative estimate of drug-likeness (QED) is 0.559. The molecule has 64 valence electrons. The minimum Gasteiger partial charge on any atom is -0.279 e. The summed E-state index contributed by atoms with van der Waals surface area (Å²) >= 11 is 0. The lowest BCUT2D eigenvalue weighted by Gasteiger charge is -2.25. The van der Waals surface area contributed by atoms with Crippen LogP contribution in [-0.2, 0) is 0 Å². The molecule has 0 unspecified atom stereocenters. The molecule has 0 bridgehead atoms. The summed E-state index contributed by atoms with van der Waals surface area (Å²) in [7, 11) is 0. The van der Waals surface area contributed by atoms with E-state index in [9.17, 15) is 0 Å². The molecule has 1 aromatic carbocycles. The molecule has 0 fully saturated rings. The van der Waals surface area contributed by atoms with Crippen LogP contribution in [0.15, 0.2) is 30.8 Å². The Morgan fingerprint density at radius 3 is 2.92 bits per heavy atom. The third kappa shape index (κ3) is 1.19. The Kier molecular flexibility index (Phi) is 1.79. The number of hydrogen-bond acceptors (Lipinski definition) is 2. The highest BCUT2D eigenvalue weighted by molar-refractivity contribution is 5.79. The lowest BCUT2D eigenvalue weighted by atomic mass is 9.98. The van der Waals surface area contributed by atoms with Crippen molar-refractivity contribution in [2.45, 2.75) is 6.42 Å². The van der Waals surface area contributed by atoms with Gasteiger partial charge in [-0.3, -0.25) is 4.90 Å². The van der Waals surface area contributed by atoms with Gasteiger partial charge in [0.25, 0.3) is 0 Å². The van der Waals surface area contributed by atoms with Crippen LogP contribution in [0.25, 0.3) is 5.57 Å². The van der Waals surface area contributed by atoms with Crippen LogP contribution in [0.3, 0.4) is 0 Å². The van der Waals surface area contributed by atoms with Gasteiger partial charge in [0.15, 0.2) is 6.19 Å². The van der Waals surface area contributed by atoms with E-state index in [1.807, 2.05) is 24.3 Å². The highest BCUT2D eigenvalue weighted by Gasteiger charge is 2.17. The highest BCUT2D eigenvalue weighted by Crippen LogP contribution is 2.32. The van der Waals surface area contributed by atoms with E-state index in [1.165, 1.54) is 0 Å². The van der Waals surface area contributed by atoms with Gasteiger partial charge in [-0.2, -0.15) is 5.26 Å². The van der Waals surface area contributed by atoms with Crippen LogP contribution in [0.2, 0.25) is 0 Å². The number of hydrogen-bond donors (Lipinski definition) is 0. The first-order valence-corrected chi connectivity index (χ1v) is 4.27. The van der Waals surface area contributed by atoms with E-state index in [1.54, 1.807) is 4.90 Å². The molecule has 0 spiro atoms. The summed E-state index contributed by atoms with van der Waals surface area (Å²) in [6.07, 6.45) is 3.05. The first-order chi connectivity index (χ1) is 6.33. The van der Waals surface area contributed by atoms with Crippen LogP contribution in [0, 0.1) is 11.5 Å². The summed E-state index contributed by atoms with van der Waals surface area (Å²) in [6, 6.07) is 7.90. The summed E-state index contributed by atoms with van der Waals surface area (Å²) in [5.41, 5.74) is 3.22. The Morgan fingerprint density at radius 1 is 1.38 bits per heavy atom. The SMILES string of the molecule is C=C1CCN(C#N)c2ccccc21. The normalized spacial score (nSPS) is 15.0. The average Bonchev–Trinajstić information content (AvgIpc) is 2.19. The van der Waals surface area contributed by atoms with E-state index in [0.717, 1.165) is 29.8 Å². The Balaban J connectivity index is 2.55. The van der Waals surface area contributed by atoms with Gasteiger partial charge in [0.1, 0.15) is 0 Å². The topological polar surface area (TPSA) is 27.0 Å². The van der Waals surface area contributed by atoms with Gasteiger partial charge >= 0.3 is 0 Å². The molecular weight excluding hydrogens is 160 g/mol. The number of fused-ring (bicyclic) bond motifs is 1. The van der Waals surface area contributed by atoms with Crippen LogP contribution in [0.1, 0.15) is 12.0 Å². The molecular formula is C11H10N2. The number of nitriles is 1. The average molecular weight is 170 g/mol. The second kappa shape index (κ2) is 2.95. The Bertz CT molecular complexity index is 387. The van der Waals surface area contributed by atoms with E-state index in [2.05, 4.69) is 12.8 Å². The first-order valence-electron chi connectivity index (χ1n) is 4.27. The van der Waals surface area contributed by atoms with Crippen molar-refractivity contribution in [3.05, 3.63) is 36.4 Å². The minimum atomic E-state index is 0.756. The molecule has 0 atom stereocenters. The number of nitrogens with zero attached hydrogens (tertiary/aromatic N) is 2. The van der Waals surface area contributed by atoms with Gasteiger partial charge in [-0.15, -0.1) is 0 Å². The second-order valence-corrected chi connectivity index (χ2v) is 3.12. The number of para-hydroxylation sites is 1. The molecule has 1 aliphatic rings. The summed E-state index contributed by atoms with van der Waals surface area (Å²) in [5, 5.41) is 8.87. The van der Waals surface area contributed by atoms with Crippen molar-refractivity contribution in [3.63, 3.8) is 0 Å². The molecule has 0 saturated heterocycles. The lowest BCUT2D eigenvalue weighted by molar-refractivity contribution is 0.927. The van der Waals surface area contributed by atoms with E-state index < -0.39 is 0 Å². The Hall–Kier alpha value is -1.75. The maximum absolute atomic E-state index is 8.87. The van der Waals surface area contributed by atoms with Crippen molar-refractivity contribution >= 4 is 11.3 Å². The molecule has 2 nitrogen and oxygen atoms in total. The fourth-order valence-electron chi connectivity index (χ4n) is 1.61. The van der Waals surface area contributed by atoms with Crippen LogP contribution < -0.4 is 4.90 Å². The maximum atomic E-state index is 8.87. The van der Waals surface area contributed by atoms with Crippen LogP contribution in [-0.4, -0.2) is 6.54 Å². The van der Waals surface area contributed by atoms with Crippen molar-refractivity contribution < 1.29 is 0 Å². The van der Waals surface area contributed by atoms with Crippen molar-refractivity contribution in [1.29, 1.82) is 5.26 Å². The van der Waals surface area contributed by atoms with Crippen molar-refractivity contribution in [2.75, 3.05) is 11.4 Å². The van der Waals surface area contributed by atoms with E-state index in [0.29, 0.717) is 0 Å². The second-order valence-electron chi connectivity index (χ2n) is 3.12. The number of anilines is 1. The van der Waals surface area contributed by atoms with Crippen molar-refractivity contribution in [3.8, 4) is 6.19 Å². The van der Waals surface area contributed by atoms with Gasteiger partial charge in [-0.05, 0) is 18.1 Å². The van der Waals surface area contributed by atoms with Gasteiger partial charge in [0.2, 0.25) is 0 Å². The zero-order valence-electron chi connectivity index (χ0n) is 7.33. The maximum Gasteiger partial charge on any atom is 0.184 e. The largest absolute Gasteiger partial charge is 0.279 e. The summed E-state index contributed by atoms with van der Waals surface area (Å²) in [4.78, 5) is 1.71. The van der Waals surface area contributed by atoms with Crippen LogP contribution in [0.5, 0.6) is 0 Å². The third-order valence-corrected chi connectivity index (χ3v) is 2.33. The van der Waals surface area contributed by atoms with E-state index in [4.69, 9.17) is 5.26 Å². The van der Waals surface area contributed by atoms with Gasteiger partial charge < -0.3 is 0 Å². The summed E-state index contributed by atoms with van der Waals surface area (Å²) in [6.45, 7) is 4.74. The minimum absolute atomic E-state index is 0.756. The van der Waals surface area contributed by atoms with Gasteiger partial charge in [-0.1, -0.05) is 24.8 Å². The Labute approximate surface area is 77.7 Å². The lowest BCUT2D eigenvalue weighted by Crippen LogP contribution is -2.23. The molecule has 1 heterocycles. The summed E-state index contributed by atoms with van der Waals surface area (Å²) < 4.78 is 0. The fourth-order valence-corrected chi connectivity index (χ4v) is 1.61. The van der Waals surface area contributed by atoms with Crippen LogP contribution >= 0.6 is 0 Å². The molecule has 0 radical (unpaired) electrons. The summed E-state index contributed by atoms with van der Waals surface area (Å²) in [5.74, 6) is 0. The van der Waals surface area contributed by atoms with Crippen LogP contribution in [0.4, 0.5) is 5.69 Å². The van der Waals surface area contributed by atoms with Gasteiger partial charge in [-0.25, -0.2) is 0 Å². The standard InChI is InChI=1S/C11H10N2/c1-9-6-7-13(8-12)11-5-3-2-4-10(9)11/h2-5H,1,6-7H2. The molecule has 2 rings (SSSR count). The predicted octanol–water partition coefficient (Wildman–Crippen LogP) is 2.39. The third-order valence-electron chi connectivity index (χ3n) is 2.33. The molecule has 13 heavy (non-hydrogen) atoms. The molecule has 2 heteroatoms. The Morgan fingerprint density at radius 2 is 2.15 bits per heavy atom. The van der Waals surface area contributed by atoms with E-state index >= 15 is 0 Å². The van der Waals surface area contributed by atoms with E-state index in [-0.39, 0.29) is 0 Å². The zero-order chi connectivity index (χ0) is 9.26. The first kappa shape index (κ1) is 7.88. The molecule has 0 aromatic heterocycles. The zero-order valence-corrected chi connectivity index (χ0v) is 7.33. The van der Waals surface area contributed by atoms with Gasteiger partial charge in [0, 0.05) is 12.1 Å². The number of rotatable bonds is 0. The van der Waals surface area contributed by atoms with Crippen molar-refractivity contribution in [1.82, 2.24) is 0 Å². The monoisotopic (exact) mass is 170 g/mol. The molecule has 0 saturated carbocycles. The molecule has 1 aliphatic heterocycles. The smallest absolute Gasteiger partial charge is 0.184 e. The fraction of sp³-hybridized carbons (Fsp3) is 0.182. The molecule has 0 aliphatic carbocycles. The van der Waals surface area contributed by atoms with Crippen molar-refractivity contribution in [2.24, 2.45) is 0 Å². The molecule has 0 amide bonds. The number of benzene rings is 1.